The predicted octanol–water partition coefficient (Wildman–Crippen LogP) is -1.86. The van der Waals surface area contributed by atoms with Gasteiger partial charge in [0.1, 0.15) is 5.88 Å². The summed E-state index contributed by atoms with van der Waals surface area (Å²) in [6.45, 7) is 11.3. The van der Waals surface area contributed by atoms with Crippen molar-refractivity contribution in [1.29, 1.82) is 0 Å². The fourth-order valence-electron chi connectivity index (χ4n) is 3.87. The molecule has 2 aliphatic heterocycles. The molecule has 0 aliphatic carbocycles. The van der Waals surface area contributed by atoms with Gasteiger partial charge in [-0.3, -0.25) is 14.4 Å². The zero-order chi connectivity index (χ0) is 30.8. The third-order valence-electron chi connectivity index (χ3n) is 6.02. The first-order chi connectivity index (χ1) is 19.6. The number of halogens is 5. The number of amides is 1. The Morgan fingerprint density at radius 2 is 1.26 bits per heavy atom. The Morgan fingerprint density at radius 3 is 1.58 bits per heavy atom. The molecule has 0 unspecified atom stereocenters. The van der Waals surface area contributed by atoms with E-state index in [4.69, 9.17) is 68.1 Å². The van der Waals surface area contributed by atoms with Crippen LogP contribution < -0.4 is 123 Å². The largest absolute Gasteiger partial charge is 1.00 e. The molecule has 0 aromatic heterocycles. The van der Waals surface area contributed by atoms with E-state index in [1.165, 1.54) is 5.69 Å². The molecule has 2 aliphatic rings. The van der Waals surface area contributed by atoms with Crippen molar-refractivity contribution in [2.24, 2.45) is 0 Å². The van der Waals surface area contributed by atoms with Gasteiger partial charge in [0.2, 0.25) is 11.1 Å². The molecule has 0 radical (unpaired) electrons. The van der Waals surface area contributed by atoms with Crippen LogP contribution in [0.3, 0.4) is 0 Å². The zero-order valence-corrected chi connectivity index (χ0v) is 34.9. The molecule has 0 spiro atoms. The first-order valence-electron chi connectivity index (χ1n) is 12.6. The molecule has 1 N–H and O–H groups in total. The molecule has 230 valence electrons. The smallest absolute Gasteiger partial charge is 1.00 e. The van der Waals surface area contributed by atoms with Crippen LogP contribution in [-0.4, -0.2) is 86.6 Å². The number of aryl methyl sites for hydroxylation is 2. The molecule has 0 bridgehead atoms. The van der Waals surface area contributed by atoms with E-state index in [2.05, 4.69) is 38.2 Å². The minimum atomic E-state index is -0.508. The molecule has 9 nitrogen and oxygen atoms in total. The zero-order valence-electron chi connectivity index (χ0n) is 25.9. The molecular formula is C27H35Cl5K2N4O5. The molecule has 43 heavy (non-hydrogen) atoms. The topological polar surface area (TPSA) is 105 Å². The van der Waals surface area contributed by atoms with Gasteiger partial charge < -0.3 is 31.6 Å². The van der Waals surface area contributed by atoms with Gasteiger partial charge in [0.05, 0.1) is 5.88 Å². The van der Waals surface area contributed by atoms with E-state index in [-0.39, 0.29) is 128 Å². The number of anilines is 2. The third kappa shape index (κ3) is 19.0. The SMILES string of the molecule is Cc1cc(N2CCN(C(=O)CCl)CC2)ccc1Cl.Cc1cc(N2CCNCC2)ccc1Cl.O=C(Cl)CCl.O=CO[O-].[H-].[K+].[K+]. The van der Waals surface area contributed by atoms with Crippen molar-refractivity contribution in [2.75, 3.05) is 73.9 Å². The Kier molecular flexibility index (Phi) is 29.4. The molecule has 2 fully saturated rings. The van der Waals surface area contributed by atoms with E-state index < -0.39 is 5.24 Å². The second-order valence-electron chi connectivity index (χ2n) is 8.79. The van der Waals surface area contributed by atoms with Gasteiger partial charge in [-0.1, -0.05) is 23.2 Å². The molecule has 0 atom stereocenters. The molecule has 16 heteroatoms. The minimum absolute atomic E-state index is 0. The quantitative estimate of drug-likeness (QED) is 0.0949. The van der Waals surface area contributed by atoms with Gasteiger partial charge in [-0.05, 0) is 73.0 Å². The van der Waals surface area contributed by atoms with Gasteiger partial charge in [-0.15, -0.1) is 23.2 Å². The average molecular weight is 751 g/mol. The van der Waals surface area contributed by atoms with Crippen LogP contribution in [0.4, 0.5) is 11.4 Å². The summed E-state index contributed by atoms with van der Waals surface area (Å²) in [4.78, 5) is 38.6. The molecule has 0 saturated carbocycles. The van der Waals surface area contributed by atoms with Gasteiger partial charge in [-0.2, -0.15) is 0 Å². The molecular weight excluding hydrogens is 716 g/mol. The van der Waals surface area contributed by atoms with Gasteiger partial charge in [-0.25, -0.2) is 0 Å². The van der Waals surface area contributed by atoms with Gasteiger partial charge in [0.15, 0.2) is 0 Å². The Bertz CT molecular complexity index is 1120. The van der Waals surface area contributed by atoms with Crippen LogP contribution in [0.5, 0.6) is 0 Å². The van der Waals surface area contributed by atoms with Crippen LogP contribution >= 0.6 is 58.0 Å². The number of piperazine rings is 2. The number of alkyl halides is 2. The minimum Gasteiger partial charge on any atom is -1.00 e. The summed E-state index contributed by atoms with van der Waals surface area (Å²) in [5.41, 5.74) is 4.68. The fraction of sp³-hybridized carbons (Fsp3) is 0.444. The summed E-state index contributed by atoms with van der Waals surface area (Å²) in [5, 5.41) is 12.9. The molecule has 2 heterocycles. The summed E-state index contributed by atoms with van der Waals surface area (Å²) >= 11 is 27.1. The second-order valence-corrected chi connectivity index (χ2v) is 10.6. The summed E-state index contributed by atoms with van der Waals surface area (Å²) in [6.07, 6.45) is 0. The summed E-state index contributed by atoms with van der Waals surface area (Å²) in [7, 11) is 0. The normalized spacial score (nSPS) is 13.6. The van der Waals surface area contributed by atoms with Crippen molar-refractivity contribution < 1.29 is 129 Å². The number of benzene rings is 2. The van der Waals surface area contributed by atoms with Crippen LogP contribution in [-0.2, 0) is 19.3 Å². The summed E-state index contributed by atoms with van der Waals surface area (Å²) in [6, 6.07) is 12.3. The van der Waals surface area contributed by atoms with E-state index in [1.807, 2.05) is 36.9 Å². The number of hydrogen-bond donors (Lipinski definition) is 1. The maximum absolute atomic E-state index is 11.5. The third-order valence-corrected chi connectivity index (χ3v) is 7.61. The van der Waals surface area contributed by atoms with E-state index in [0.717, 1.165) is 79.2 Å². The van der Waals surface area contributed by atoms with Crippen molar-refractivity contribution in [3.8, 4) is 0 Å². The van der Waals surface area contributed by atoms with Crippen molar-refractivity contribution >= 4 is 87.0 Å². The Hall–Kier alpha value is 1.29. The Morgan fingerprint density at radius 1 is 0.860 bits per heavy atom. The van der Waals surface area contributed by atoms with Gasteiger partial charge in [0.25, 0.3) is 6.47 Å². The van der Waals surface area contributed by atoms with Crippen LogP contribution in [0.1, 0.15) is 12.6 Å². The standard InChI is InChI=1S/C13H16Cl2N2O.C11H15ClN2.C2H2Cl2O.CH2O3.2K.H/c1-10-8-11(2-3-12(10)15)16-4-6-17(7-5-16)13(18)9-14;1-9-8-10(2-3-11(9)12)14-6-4-13-5-7-14;3-1-2(4)5;2-1-4-3;;;/h2-3,8H,4-7,9H2,1H3;2-3,8,13H,4-7H2,1H3;1H2;1,3H;;;/q;;;;2*+1;-1/p-1. The fourth-order valence-corrected chi connectivity index (χ4v) is 4.28. The molecule has 2 saturated heterocycles. The monoisotopic (exact) mass is 748 g/mol. The molecule has 2 aromatic rings. The number of hydrogen-bond acceptors (Lipinski definition) is 8. The van der Waals surface area contributed by atoms with Crippen LogP contribution in [0.2, 0.25) is 10.0 Å². The molecule has 4 rings (SSSR count). The maximum Gasteiger partial charge on any atom is 1.00 e. The van der Waals surface area contributed by atoms with Crippen molar-refractivity contribution in [1.82, 2.24) is 10.2 Å². The first-order valence-corrected chi connectivity index (χ1v) is 14.8. The van der Waals surface area contributed by atoms with Crippen LogP contribution in [0.25, 0.3) is 0 Å². The average Bonchev–Trinajstić information content (AvgIpc) is 3.00. The number of nitrogens with one attached hydrogen (secondary N) is 1. The van der Waals surface area contributed by atoms with Crippen molar-refractivity contribution in [3.63, 3.8) is 0 Å². The summed E-state index contributed by atoms with van der Waals surface area (Å²) in [5.74, 6) is -0.00896. The molecule has 2 aromatic carbocycles. The number of rotatable bonds is 5. The van der Waals surface area contributed by atoms with Crippen LogP contribution in [0, 0.1) is 13.8 Å². The predicted molar refractivity (Wildman–Crippen MR) is 167 cm³/mol. The van der Waals surface area contributed by atoms with E-state index >= 15 is 0 Å². The first kappa shape index (κ1) is 46.4. The molecule has 1 amide bonds. The van der Waals surface area contributed by atoms with Gasteiger partial charge >= 0.3 is 103 Å². The van der Waals surface area contributed by atoms with Crippen molar-refractivity contribution in [3.05, 3.63) is 57.6 Å². The number of nitrogens with zero attached hydrogens (tertiary/aromatic N) is 3. The summed E-state index contributed by atoms with van der Waals surface area (Å²) < 4.78 is 0. The van der Waals surface area contributed by atoms with Crippen LogP contribution in [0.15, 0.2) is 36.4 Å². The second kappa shape index (κ2) is 27.3. The Labute approximate surface area is 365 Å². The number of carbonyl (C=O) groups is 3. The van der Waals surface area contributed by atoms with Crippen molar-refractivity contribution in [2.45, 2.75) is 13.8 Å². The number of carbonyl (C=O) groups excluding carboxylic acids is 3. The van der Waals surface area contributed by atoms with E-state index in [9.17, 15) is 9.59 Å². The van der Waals surface area contributed by atoms with Gasteiger partial charge in [0, 0.05) is 73.8 Å². The maximum atomic E-state index is 11.5. The Balaban J connectivity index is -0.000000577. The van der Waals surface area contributed by atoms with E-state index in [0.29, 0.717) is 0 Å². The van der Waals surface area contributed by atoms with E-state index in [1.54, 1.807) is 0 Å².